The van der Waals surface area contributed by atoms with Crippen molar-refractivity contribution in [3.8, 4) is 0 Å². The van der Waals surface area contributed by atoms with Gasteiger partial charge in [-0.15, -0.1) is 0 Å². The van der Waals surface area contributed by atoms with Crippen LogP contribution < -0.4 is 0 Å². The van der Waals surface area contributed by atoms with Crippen molar-refractivity contribution in [3.05, 3.63) is 0 Å². The van der Waals surface area contributed by atoms with E-state index in [0.29, 0.717) is 0 Å². The monoisotopic (exact) mass is 212 g/mol. The van der Waals surface area contributed by atoms with Crippen molar-refractivity contribution in [1.29, 1.82) is 0 Å². The molecule has 0 radical (unpaired) electrons. The molecule has 0 spiro atoms. The molecule has 0 saturated carbocycles. The van der Waals surface area contributed by atoms with E-state index in [-0.39, 0.29) is 28.8 Å². The van der Waals surface area contributed by atoms with Gasteiger partial charge in [0.1, 0.15) is 11.6 Å². The normalized spacial score (nSPS) is 12.7. The van der Waals surface area contributed by atoms with E-state index in [1.165, 1.54) is 0 Å². The largest absolute Gasteiger partial charge is 0.299 e. The second kappa shape index (κ2) is 4.91. The maximum atomic E-state index is 11.8. The number of Topliss-reactive ketones (excluding diaryl/α,β-unsaturated/α-hetero) is 2. The van der Waals surface area contributed by atoms with E-state index in [1.54, 1.807) is 0 Å². The lowest BCUT2D eigenvalue weighted by molar-refractivity contribution is -0.136. The average Bonchev–Trinajstić information content (AvgIpc) is 2.17. The zero-order valence-corrected chi connectivity index (χ0v) is 10.9. The molecular weight excluding hydrogens is 188 g/mol. The van der Waals surface area contributed by atoms with Crippen LogP contribution in [0.15, 0.2) is 0 Å². The molecule has 0 fully saturated rings. The van der Waals surface area contributed by atoms with Crippen molar-refractivity contribution >= 4 is 11.6 Å². The third kappa shape index (κ3) is 3.77. The van der Waals surface area contributed by atoms with Crippen LogP contribution in [0.2, 0.25) is 0 Å². The van der Waals surface area contributed by atoms with Crippen LogP contribution in [0.5, 0.6) is 0 Å². The predicted molar refractivity (Wildman–Crippen MR) is 62.8 cm³/mol. The number of hydrogen-bond donors (Lipinski definition) is 0. The Morgan fingerprint density at radius 1 is 0.800 bits per heavy atom. The molecule has 0 aromatic carbocycles. The van der Waals surface area contributed by atoms with E-state index < -0.39 is 0 Å². The summed E-state index contributed by atoms with van der Waals surface area (Å²) in [4.78, 5) is 23.7. The summed E-state index contributed by atoms with van der Waals surface area (Å²) < 4.78 is 0. The molecule has 15 heavy (non-hydrogen) atoms. The molecule has 0 unspecified atom stereocenters. The van der Waals surface area contributed by atoms with Gasteiger partial charge in [0.2, 0.25) is 0 Å². The fourth-order valence-corrected chi connectivity index (χ4v) is 1.02. The van der Waals surface area contributed by atoms with Crippen LogP contribution in [-0.4, -0.2) is 11.6 Å². The molecule has 0 saturated heterocycles. The lowest BCUT2D eigenvalue weighted by Crippen LogP contribution is -2.31. The third-order valence-electron chi connectivity index (χ3n) is 3.60. The number of hydrogen-bond acceptors (Lipinski definition) is 2. The Hall–Kier alpha value is -0.660. The molecule has 0 bridgehead atoms. The quantitative estimate of drug-likeness (QED) is 0.632. The van der Waals surface area contributed by atoms with Gasteiger partial charge in [0.15, 0.2) is 0 Å². The first-order chi connectivity index (χ1) is 6.67. The Labute approximate surface area is 93.4 Å². The standard InChI is InChI=1S/C13H24O2/c1-7-12(3,4)10(14)9-11(15)13(5,6)8-2/h7-9H2,1-6H3. The van der Waals surface area contributed by atoms with Crippen LogP contribution in [0.4, 0.5) is 0 Å². The summed E-state index contributed by atoms with van der Waals surface area (Å²) in [5.74, 6) is 0.132. The predicted octanol–water partition coefficient (Wildman–Crippen LogP) is 3.39. The van der Waals surface area contributed by atoms with Gasteiger partial charge >= 0.3 is 0 Å². The molecule has 2 heteroatoms. The number of rotatable bonds is 6. The van der Waals surface area contributed by atoms with Crippen molar-refractivity contribution in [2.75, 3.05) is 0 Å². The van der Waals surface area contributed by atoms with Gasteiger partial charge in [0.25, 0.3) is 0 Å². The lowest BCUT2D eigenvalue weighted by atomic mass is 9.77. The van der Waals surface area contributed by atoms with Gasteiger partial charge < -0.3 is 0 Å². The topological polar surface area (TPSA) is 34.1 Å². The Balaban J connectivity index is 4.51. The van der Waals surface area contributed by atoms with Gasteiger partial charge in [0.05, 0.1) is 6.42 Å². The number of carbonyl (C=O) groups is 2. The Morgan fingerprint density at radius 3 is 1.27 bits per heavy atom. The summed E-state index contributed by atoms with van der Waals surface area (Å²) in [6.07, 6.45) is 1.65. The molecule has 0 atom stereocenters. The summed E-state index contributed by atoms with van der Waals surface area (Å²) in [6.45, 7) is 11.6. The minimum absolute atomic E-state index is 0.0662. The van der Waals surface area contributed by atoms with Crippen LogP contribution in [0.25, 0.3) is 0 Å². The van der Waals surface area contributed by atoms with Crippen LogP contribution >= 0.6 is 0 Å². The van der Waals surface area contributed by atoms with E-state index in [2.05, 4.69) is 0 Å². The van der Waals surface area contributed by atoms with Gasteiger partial charge in [0, 0.05) is 10.8 Å². The summed E-state index contributed by atoms with van der Waals surface area (Å²) in [5.41, 5.74) is -0.723. The molecular formula is C13H24O2. The average molecular weight is 212 g/mol. The summed E-state index contributed by atoms with van der Waals surface area (Å²) >= 11 is 0. The first-order valence-corrected chi connectivity index (χ1v) is 5.74. The molecule has 2 nitrogen and oxygen atoms in total. The van der Waals surface area contributed by atoms with Crippen molar-refractivity contribution in [2.45, 2.75) is 60.8 Å². The van der Waals surface area contributed by atoms with Gasteiger partial charge in [-0.2, -0.15) is 0 Å². The van der Waals surface area contributed by atoms with Crippen molar-refractivity contribution in [2.24, 2.45) is 10.8 Å². The highest BCUT2D eigenvalue weighted by atomic mass is 16.1. The SMILES string of the molecule is CCC(C)(C)C(=O)CC(=O)C(C)(C)CC. The van der Waals surface area contributed by atoms with E-state index in [1.807, 2.05) is 41.5 Å². The molecule has 0 aromatic heterocycles. The van der Waals surface area contributed by atoms with E-state index in [4.69, 9.17) is 0 Å². The molecule has 0 amide bonds. The highest BCUT2D eigenvalue weighted by Crippen LogP contribution is 2.27. The van der Waals surface area contributed by atoms with E-state index >= 15 is 0 Å². The molecule has 0 aromatic rings. The van der Waals surface area contributed by atoms with Gasteiger partial charge in [-0.1, -0.05) is 41.5 Å². The molecule has 0 aliphatic heterocycles. The molecule has 88 valence electrons. The van der Waals surface area contributed by atoms with Gasteiger partial charge in [-0.05, 0) is 12.8 Å². The zero-order valence-electron chi connectivity index (χ0n) is 10.9. The Kier molecular flexibility index (Phi) is 4.69. The fraction of sp³-hybridized carbons (Fsp3) is 0.846. The smallest absolute Gasteiger partial charge is 0.145 e. The molecule has 0 N–H and O–H groups in total. The van der Waals surface area contributed by atoms with Crippen LogP contribution in [-0.2, 0) is 9.59 Å². The molecule has 0 rings (SSSR count). The van der Waals surface area contributed by atoms with E-state index in [9.17, 15) is 9.59 Å². The van der Waals surface area contributed by atoms with Crippen molar-refractivity contribution in [3.63, 3.8) is 0 Å². The fourth-order valence-electron chi connectivity index (χ4n) is 1.02. The summed E-state index contributed by atoms with van der Waals surface area (Å²) in [7, 11) is 0. The number of ketones is 2. The van der Waals surface area contributed by atoms with E-state index in [0.717, 1.165) is 12.8 Å². The summed E-state index contributed by atoms with van der Waals surface area (Å²) in [5, 5.41) is 0. The number of carbonyl (C=O) groups excluding carboxylic acids is 2. The summed E-state index contributed by atoms with van der Waals surface area (Å²) in [6, 6.07) is 0. The Morgan fingerprint density at radius 2 is 1.07 bits per heavy atom. The van der Waals surface area contributed by atoms with Crippen LogP contribution in [0.1, 0.15) is 60.8 Å². The van der Waals surface area contributed by atoms with Crippen LogP contribution in [0, 0.1) is 10.8 Å². The first kappa shape index (κ1) is 14.3. The minimum Gasteiger partial charge on any atom is -0.299 e. The maximum absolute atomic E-state index is 11.8. The molecule has 0 aliphatic carbocycles. The zero-order chi connectivity index (χ0) is 12.3. The van der Waals surface area contributed by atoms with Crippen molar-refractivity contribution < 1.29 is 9.59 Å². The van der Waals surface area contributed by atoms with Gasteiger partial charge in [-0.25, -0.2) is 0 Å². The minimum atomic E-state index is -0.362. The highest BCUT2D eigenvalue weighted by molar-refractivity contribution is 6.03. The van der Waals surface area contributed by atoms with Crippen molar-refractivity contribution in [1.82, 2.24) is 0 Å². The third-order valence-corrected chi connectivity index (χ3v) is 3.60. The Bertz CT molecular complexity index is 223. The highest BCUT2D eigenvalue weighted by Gasteiger charge is 2.32. The lowest BCUT2D eigenvalue weighted by Gasteiger charge is -2.25. The van der Waals surface area contributed by atoms with Crippen LogP contribution in [0.3, 0.4) is 0 Å². The molecule has 0 heterocycles. The van der Waals surface area contributed by atoms with Gasteiger partial charge in [-0.3, -0.25) is 9.59 Å². The second-order valence-electron chi connectivity index (χ2n) is 5.50. The maximum Gasteiger partial charge on any atom is 0.145 e. The second-order valence-corrected chi connectivity index (χ2v) is 5.50. The molecule has 0 aliphatic rings. The first-order valence-electron chi connectivity index (χ1n) is 5.74.